The van der Waals surface area contributed by atoms with Gasteiger partial charge in [0.2, 0.25) is 5.91 Å². The summed E-state index contributed by atoms with van der Waals surface area (Å²) in [5, 5.41) is 0. The molecule has 3 heterocycles. The SMILES string of the molecule is Cc1cncc(N2C(=O)C(C)(C)c3ccc(-c4cnc(C)nc4)cc32)c1. The number of benzene rings is 1. The summed E-state index contributed by atoms with van der Waals surface area (Å²) in [6.07, 6.45) is 7.14. The van der Waals surface area contributed by atoms with Gasteiger partial charge in [0.05, 0.1) is 23.0 Å². The summed E-state index contributed by atoms with van der Waals surface area (Å²) in [4.78, 5) is 27.8. The van der Waals surface area contributed by atoms with Crippen LogP contribution in [0.4, 0.5) is 11.4 Å². The molecule has 0 fully saturated rings. The van der Waals surface area contributed by atoms with Crippen LogP contribution in [-0.4, -0.2) is 20.9 Å². The Morgan fingerprint density at radius 1 is 0.923 bits per heavy atom. The second kappa shape index (κ2) is 5.73. The van der Waals surface area contributed by atoms with E-state index < -0.39 is 5.41 Å². The van der Waals surface area contributed by atoms with E-state index in [0.29, 0.717) is 0 Å². The van der Waals surface area contributed by atoms with Crippen molar-refractivity contribution in [2.75, 3.05) is 4.90 Å². The third kappa shape index (κ3) is 2.47. The molecule has 130 valence electrons. The van der Waals surface area contributed by atoms with E-state index in [9.17, 15) is 4.79 Å². The van der Waals surface area contributed by atoms with Crippen molar-refractivity contribution in [3.63, 3.8) is 0 Å². The molecule has 0 saturated heterocycles. The fourth-order valence-electron chi connectivity index (χ4n) is 3.39. The molecule has 0 atom stereocenters. The molecule has 0 saturated carbocycles. The molecule has 4 rings (SSSR count). The minimum absolute atomic E-state index is 0.0530. The van der Waals surface area contributed by atoms with Crippen molar-refractivity contribution in [1.82, 2.24) is 15.0 Å². The normalized spacial score (nSPS) is 15.2. The van der Waals surface area contributed by atoms with Gasteiger partial charge in [-0.15, -0.1) is 0 Å². The zero-order valence-corrected chi connectivity index (χ0v) is 15.3. The molecular weight excluding hydrogens is 324 g/mol. The van der Waals surface area contributed by atoms with Gasteiger partial charge < -0.3 is 0 Å². The Labute approximate surface area is 152 Å². The smallest absolute Gasteiger partial charge is 0.241 e. The molecule has 5 heteroatoms. The number of hydrogen-bond acceptors (Lipinski definition) is 4. The number of anilines is 2. The highest BCUT2D eigenvalue weighted by Gasteiger charge is 2.44. The minimum Gasteiger partial charge on any atom is -0.278 e. The number of aromatic nitrogens is 3. The average molecular weight is 344 g/mol. The van der Waals surface area contributed by atoms with E-state index in [1.165, 1.54) is 0 Å². The van der Waals surface area contributed by atoms with Gasteiger partial charge in [-0.25, -0.2) is 9.97 Å². The first kappa shape index (κ1) is 16.4. The zero-order chi connectivity index (χ0) is 18.5. The van der Waals surface area contributed by atoms with Crippen LogP contribution in [0.25, 0.3) is 11.1 Å². The molecule has 26 heavy (non-hydrogen) atoms. The molecule has 0 spiro atoms. The predicted molar refractivity (Wildman–Crippen MR) is 101 cm³/mol. The molecule has 2 aromatic heterocycles. The number of fused-ring (bicyclic) bond motifs is 1. The van der Waals surface area contributed by atoms with Gasteiger partial charge in [0, 0.05) is 24.2 Å². The van der Waals surface area contributed by atoms with E-state index in [0.717, 1.165) is 39.5 Å². The Morgan fingerprint density at radius 2 is 1.65 bits per heavy atom. The number of amides is 1. The molecule has 0 radical (unpaired) electrons. The summed E-state index contributed by atoms with van der Waals surface area (Å²) >= 11 is 0. The van der Waals surface area contributed by atoms with E-state index in [-0.39, 0.29) is 5.91 Å². The maximum absolute atomic E-state index is 13.2. The number of pyridine rings is 1. The van der Waals surface area contributed by atoms with Crippen LogP contribution in [0.2, 0.25) is 0 Å². The van der Waals surface area contributed by atoms with Gasteiger partial charge in [0.1, 0.15) is 5.82 Å². The second-order valence-corrected chi connectivity index (χ2v) is 7.24. The van der Waals surface area contributed by atoms with Crippen molar-refractivity contribution in [1.29, 1.82) is 0 Å². The average Bonchev–Trinajstić information content (AvgIpc) is 2.81. The highest BCUT2D eigenvalue weighted by atomic mass is 16.2. The molecule has 0 N–H and O–H groups in total. The molecule has 1 amide bonds. The second-order valence-electron chi connectivity index (χ2n) is 7.24. The first-order valence-corrected chi connectivity index (χ1v) is 8.58. The standard InChI is InChI=1S/C21H20N4O/c1-13-7-17(12-22-9-13)25-19-8-15(16-10-23-14(2)24-11-16)5-6-18(19)21(3,4)20(25)26/h5-12H,1-4H3. The van der Waals surface area contributed by atoms with Gasteiger partial charge in [-0.3, -0.25) is 14.7 Å². The van der Waals surface area contributed by atoms with Crippen molar-refractivity contribution in [3.05, 3.63) is 66.0 Å². The molecule has 1 aliphatic heterocycles. The Hall–Kier alpha value is -3.08. The van der Waals surface area contributed by atoms with Gasteiger partial charge in [-0.05, 0) is 56.5 Å². The number of aryl methyl sites for hydroxylation is 2. The fraction of sp³-hybridized carbons (Fsp3) is 0.238. The van der Waals surface area contributed by atoms with Crippen molar-refractivity contribution in [3.8, 4) is 11.1 Å². The van der Waals surface area contributed by atoms with Crippen molar-refractivity contribution in [2.45, 2.75) is 33.1 Å². The molecule has 1 aromatic carbocycles. The Balaban J connectivity index is 1.89. The van der Waals surface area contributed by atoms with Crippen LogP contribution in [0.1, 0.15) is 30.8 Å². The van der Waals surface area contributed by atoms with E-state index in [4.69, 9.17) is 0 Å². The van der Waals surface area contributed by atoms with Crippen LogP contribution in [0, 0.1) is 13.8 Å². The van der Waals surface area contributed by atoms with Crippen LogP contribution in [-0.2, 0) is 10.2 Å². The first-order valence-electron chi connectivity index (χ1n) is 8.58. The number of carbonyl (C=O) groups is 1. The number of hydrogen-bond donors (Lipinski definition) is 0. The highest BCUT2D eigenvalue weighted by molar-refractivity contribution is 6.12. The molecule has 5 nitrogen and oxygen atoms in total. The Morgan fingerprint density at radius 3 is 2.35 bits per heavy atom. The molecule has 1 aliphatic rings. The van der Waals surface area contributed by atoms with Gasteiger partial charge >= 0.3 is 0 Å². The number of rotatable bonds is 2. The van der Waals surface area contributed by atoms with Crippen molar-refractivity contribution in [2.24, 2.45) is 0 Å². The van der Waals surface area contributed by atoms with Crippen LogP contribution >= 0.6 is 0 Å². The highest BCUT2D eigenvalue weighted by Crippen LogP contribution is 2.46. The quantitative estimate of drug-likeness (QED) is 0.702. The fourth-order valence-corrected chi connectivity index (χ4v) is 3.39. The molecule has 0 bridgehead atoms. The maximum atomic E-state index is 13.2. The van der Waals surface area contributed by atoms with Crippen LogP contribution < -0.4 is 4.90 Å². The van der Waals surface area contributed by atoms with Crippen LogP contribution in [0.5, 0.6) is 0 Å². The lowest BCUT2D eigenvalue weighted by molar-refractivity contribution is -0.121. The summed E-state index contributed by atoms with van der Waals surface area (Å²) in [6, 6.07) is 8.08. The van der Waals surface area contributed by atoms with E-state index >= 15 is 0 Å². The Bertz CT molecular complexity index is 1010. The monoisotopic (exact) mass is 344 g/mol. The largest absolute Gasteiger partial charge is 0.278 e. The van der Waals surface area contributed by atoms with Gasteiger partial charge in [0.25, 0.3) is 0 Å². The number of nitrogens with zero attached hydrogens (tertiary/aromatic N) is 4. The lowest BCUT2D eigenvalue weighted by Crippen LogP contribution is -2.33. The maximum Gasteiger partial charge on any atom is 0.241 e. The zero-order valence-electron chi connectivity index (χ0n) is 15.3. The summed E-state index contributed by atoms with van der Waals surface area (Å²) < 4.78 is 0. The molecular formula is C21H20N4O. The van der Waals surface area contributed by atoms with Crippen molar-refractivity contribution >= 4 is 17.3 Å². The third-order valence-corrected chi connectivity index (χ3v) is 4.88. The predicted octanol–water partition coefficient (Wildman–Crippen LogP) is 4.11. The van der Waals surface area contributed by atoms with Crippen molar-refractivity contribution < 1.29 is 4.79 Å². The first-order chi connectivity index (χ1) is 12.4. The minimum atomic E-state index is -0.582. The van der Waals surface area contributed by atoms with Crippen LogP contribution in [0.15, 0.2) is 49.1 Å². The lowest BCUT2D eigenvalue weighted by Gasteiger charge is -2.20. The van der Waals surface area contributed by atoms with Crippen LogP contribution in [0.3, 0.4) is 0 Å². The molecule has 0 aliphatic carbocycles. The topological polar surface area (TPSA) is 59.0 Å². The van der Waals surface area contributed by atoms with E-state index in [1.807, 2.05) is 64.4 Å². The number of carbonyl (C=O) groups excluding carboxylic acids is 1. The van der Waals surface area contributed by atoms with Gasteiger partial charge in [-0.2, -0.15) is 0 Å². The summed E-state index contributed by atoms with van der Waals surface area (Å²) in [5.74, 6) is 0.788. The van der Waals surface area contributed by atoms with Gasteiger partial charge in [-0.1, -0.05) is 12.1 Å². The summed E-state index contributed by atoms with van der Waals surface area (Å²) in [5.41, 5.74) is 5.05. The summed E-state index contributed by atoms with van der Waals surface area (Å²) in [6.45, 7) is 7.77. The van der Waals surface area contributed by atoms with E-state index in [1.54, 1.807) is 17.3 Å². The van der Waals surface area contributed by atoms with Gasteiger partial charge in [0.15, 0.2) is 0 Å². The van der Waals surface area contributed by atoms with E-state index in [2.05, 4.69) is 15.0 Å². The lowest BCUT2D eigenvalue weighted by atomic mass is 9.85. The third-order valence-electron chi connectivity index (χ3n) is 4.88. The Kier molecular flexibility index (Phi) is 3.61. The summed E-state index contributed by atoms with van der Waals surface area (Å²) in [7, 11) is 0. The molecule has 0 unspecified atom stereocenters. The molecule has 3 aromatic rings.